The number of hydrogen-bond donors (Lipinski definition) is 1. The van der Waals surface area contributed by atoms with Gasteiger partial charge in [0, 0.05) is 10.6 Å². The summed E-state index contributed by atoms with van der Waals surface area (Å²) >= 11 is 5.87. The molecular weight excluding hydrogens is 362 g/mol. The summed E-state index contributed by atoms with van der Waals surface area (Å²) in [6, 6.07) is 14.5. The van der Waals surface area contributed by atoms with E-state index in [2.05, 4.69) is 4.98 Å². The van der Waals surface area contributed by atoms with Crippen LogP contribution < -0.4 is 10.5 Å². The van der Waals surface area contributed by atoms with E-state index in [0.29, 0.717) is 16.4 Å². The third kappa shape index (κ3) is 3.81. The Hall–Kier alpha value is -2.99. The Morgan fingerprint density at radius 3 is 2.50 bits per heavy atom. The quantitative estimate of drug-likeness (QED) is 0.721. The van der Waals surface area contributed by atoms with E-state index in [1.165, 1.54) is 0 Å². The average molecular weight is 375 g/mol. The van der Waals surface area contributed by atoms with Crippen molar-refractivity contribution < 1.29 is 18.3 Å². The summed E-state index contributed by atoms with van der Waals surface area (Å²) < 4.78 is 33.0. The minimum Gasteiger partial charge on any atom is -0.484 e. The van der Waals surface area contributed by atoms with Gasteiger partial charge in [-0.1, -0.05) is 29.8 Å². The van der Waals surface area contributed by atoms with E-state index in [4.69, 9.17) is 22.1 Å². The molecule has 0 aliphatic carbocycles. The van der Waals surface area contributed by atoms with Crippen LogP contribution in [0.4, 0.5) is 8.78 Å². The van der Waals surface area contributed by atoms with E-state index in [-0.39, 0.29) is 12.4 Å². The first-order valence-corrected chi connectivity index (χ1v) is 7.96. The van der Waals surface area contributed by atoms with Crippen molar-refractivity contribution in [3.63, 3.8) is 0 Å². The highest BCUT2D eigenvalue weighted by atomic mass is 35.5. The zero-order chi connectivity index (χ0) is 18.7. The van der Waals surface area contributed by atoms with Gasteiger partial charge in [-0.3, -0.25) is 4.79 Å². The molecule has 4 nitrogen and oxygen atoms in total. The molecule has 1 heterocycles. The van der Waals surface area contributed by atoms with Gasteiger partial charge in [-0.15, -0.1) is 0 Å². The van der Waals surface area contributed by atoms with E-state index in [9.17, 15) is 13.6 Å². The zero-order valence-corrected chi connectivity index (χ0v) is 14.1. The van der Waals surface area contributed by atoms with Gasteiger partial charge in [-0.05, 0) is 36.4 Å². The molecule has 0 saturated carbocycles. The number of rotatable bonds is 5. The molecule has 2 aromatic carbocycles. The van der Waals surface area contributed by atoms with Crippen LogP contribution in [0.1, 0.15) is 16.1 Å². The second kappa shape index (κ2) is 7.49. The van der Waals surface area contributed by atoms with E-state index in [1.807, 2.05) is 18.2 Å². The van der Waals surface area contributed by atoms with Gasteiger partial charge in [0.15, 0.2) is 11.6 Å². The van der Waals surface area contributed by atoms with Crippen molar-refractivity contribution in [1.82, 2.24) is 4.98 Å². The van der Waals surface area contributed by atoms with Gasteiger partial charge >= 0.3 is 0 Å². The van der Waals surface area contributed by atoms with Crippen LogP contribution in [0.25, 0.3) is 11.3 Å². The SMILES string of the molecule is NC(=O)c1c(F)ccc(OCc2cccc(-c3ccc(Cl)cc3)n2)c1F. The first-order chi connectivity index (χ1) is 12.5. The molecule has 0 aliphatic heterocycles. The van der Waals surface area contributed by atoms with Gasteiger partial charge in [-0.2, -0.15) is 0 Å². The molecule has 7 heteroatoms. The fourth-order valence-corrected chi connectivity index (χ4v) is 2.49. The number of primary amides is 1. The number of benzene rings is 2. The van der Waals surface area contributed by atoms with Crippen LogP contribution in [0.3, 0.4) is 0 Å². The van der Waals surface area contributed by atoms with E-state index >= 15 is 0 Å². The molecule has 0 fully saturated rings. The van der Waals surface area contributed by atoms with Crippen LogP contribution in [-0.4, -0.2) is 10.9 Å². The minimum atomic E-state index is -1.20. The monoisotopic (exact) mass is 374 g/mol. The predicted octanol–water partition coefficient (Wildman–Crippen LogP) is 4.36. The molecule has 0 aliphatic rings. The van der Waals surface area contributed by atoms with Crippen molar-refractivity contribution in [3.05, 3.63) is 82.5 Å². The predicted molar refractivity (Wildman–Crippen MR) is 93.9 cm³/mol. The summed E-state index contributed by atoms with van der Waals surface area (Å²) in [7, 11) is 0. The van der Waals surface area contributed by atoms with Gasteiger partial charge in [0.05, 0.1) is 11.4 Å². The molecule has 132 valence electrons. The van der Waals surface area contributed by atoms with Crippen molar-refractivity contribution in [2.75, 3.05) is 0 Å². The van der Waals surface area contributed by atoms with Crippen LogP contribution in [0.15, 0.2) is 54.6 Å². The standard InChI is InChI=1S/C19H13ClF2N2O2/c20-12-6-4-11(5-7-12)15-3-1-2-13(24-15)10-26-16-9-8-14(21)17(18(16)22)19(23)25/h1-9H,10H2,(H2,23,25). The van der Waals surface area contributed by atoms with Crippen molar-refractivity contribution >= 4 is 17.5 Å². The van der Waals surface area contributed by atoms with E-state index < -0.39 is 23.1 Å². The van der Waals surface area contributed by atoms with E-state index in [1.54, 1.807) is 24.3 Å². The molecule has 0 saturated heterocycles. The number of ether oxygens (including phenoxy) is 1. The highest BCUT2D eigenvalue weighted by Crippen LogP contribution is 2.24. The van der Waals surface area contributed by atoms with Crippen molar-refractivity contribution in [2.45, 2.75) is 6.61 Å². The molecule has 0 radical (unpaired) electrons. The summed E-state index contributed by atoms with van der Waals surface area (Å²) in [6.07, 6.45) is 0. The van der Waals surface area contributed by atoms with Gasteiger partial charge in [-0.25, -0.2) is 13.8 Å². The molecule has 0 atom stereocenters. The fourth-order valence-electron chi connectivity index (χ4n) is 2.36. The highest BCUT2D eigenvalue weighted by Gasteiger charge is 2.19. The Bertz CT molecular complexity index is 962. The maximum Gasteiger partial charge on any atom is 0.254 e. The number of nitrogens with zero attached hydrogens (tertiary/aromatic N) is 1. The Kier molecular flexibility index (Phi) is 5.14. The second-order valence-corrected chi connectivity index (χ2v) is 5.84. The maximum absolute atomic E-state index is 14.2. The van der Waals surface area contributed by atoms with Crippen LogP contribution in [0.5, 0.6) is 5.75 Å². The fraction of sp³-hybridized carbons (Fsp3) is 0.0526. The van der Waals surface area contributed by atoms with Gasteiger partial charge in [0.25, 0.3) is 5.91 Å². The van der Waals surface area contributed by atoms with Crippen molar-refractivity contribution in [2.24, 2.45) is 5.73 Å². The molecule has 0 bridgehead atoms. The molecule has 1 amide bonds. The Morgan fingerprint density at radius 1 is 1.08 bits per heavy atom. The Labute approximate surface area is 153 Å². The third-order valence-corrected chi connectivity index (χ3v) is 3.88. The van der Waals surface area contributed by atoms with Gasteiger partial charge < -0.3 is 10.5 Å². The normalized spacial score (nSPS) is 10.6. The lowest BCUT2D eigenvalue weighted by molar-refractivity contribution is 0.0991. The first kappa shape index (κ1) is 17.8. The number of halogens is 3. The molecule has 2 N–H and O–H groups in total. The van der Waals surface area contributed by atoms with E-state index in [0.717, 1.165) is 17.7 Å². The first-order valence-electron chi connectivity index (χ1n) is 7.58. The molecule has 0 spiro atoms. The van der Waals surface area contributed by atoms with Gasteiger partial charge in [0.1, 0.15) is 18.0 Å². The molecule has 26 heavy (non-hydrogen) atoms. The van der Waals surface area contributed by atoms with Crippen LogP contribution in [-0.2, 0) is 6.61 Å². The average Bonchev–Trinajstić information content (AvgIpc) is 2.62. The summed E-state index contributed by atoms with van der Waals surface area (Å²) in [5.74, 6) is -3.65. The summed E-state index contributed by atoms with van der Waals surface area (Å²) in [5, 5.41) is 0.616. The van der Waals surface area contributed by atoms with Gasteiger partial charge in [0.2, 0.25) is 0 Å². The smallest absolute Gasteiger partial charge is 0.254 e. The topological polar surface area (TPSA) is 65.2 Å². The molecule has 1 aromatic heterocycles. The van der Waals surface area contributed by atoms with Crippen LogP contribution in [0, 0.1) is 11.6 Å². The number of carbonyl (C=O) groups excluding carboxylic acids is 1. The van der Waals surface area contributed by atoms with Crippen molar-refractivity contribution in [3.8, 4) is 17.0 Å². The molecule has 0 unspecified atom stereocenters. The lowest BCUT2D eigenvalue weighted by Crippen LogP contribution is -2.16. The lowest BCUT2D eigenvalue weighted by atomic mass is 10.1. The Morgan fingerprint density at radius 2 is 1.81 bits per heavy atom. The lowest BCUT2D eigenvalue weighted by Gasteiger charge is -2.10. The number of amides is 1. The zero-order valence-electron chi connectivity index (χ0n) is 13.4. The summed E-state index contributed by atoms with van der Waals surface area (Å²) in [5.41, 5.74) is 6.25. The van der Waals surface area contributed by atoms with Crippen LogP contribution in [0.2, 0.25) is 5.02 Å². The molecular formula is C19H13ClF2N2O2. The number of nitrogens with two attached hydrogens (primary N) is 1. The highest BCUT2D eigenvalue weighted by molar-refractivity contribution is 6.30. The minimum absolute atomic E-state index is 0.0673. The Balaban J connectivity index is 1.81. The number of hydrogen-bond acceptors (Lipinski definition) is 3. The second-order valence-electron chi connectivity index (χ2n) is 5.41. The van der Waals surface area contributed by atoms with Crippen molar-refractivity contribution in [1.29, 1.82) is 0 Å². The molecule has 3 rings (SSSR count). The van der Waals surface area contributed by atoms with Crippen LogP contribution >= 0.6 is 11.6 Å². The summed E-state index contributed by atoms with van der Waals surface area (Å²) in [4.78, 5) is 15.6. The molecule has 3 aromatic rings. The maximum atomic E-state index is 14.2. The largest absolute Gasteiger partial charge is 0.484 e. The number of carbonyl (C=O) groups is 1. The third-order valence-electron chi connectivity index (χ3n) is 3.62. The number of pyridine rings is 1. The summed E-state index contributed by atoms with van der Waals surface area (Å²) in [6.45, 7) is -0.0673. The number of aromatic nitrogens is 1.